The Morgan fingerprint density at radius 3 is 2.44 bits per heavy atom. The number of nitrogens with zero attached hydrogens (tertiary/aromatic N) is 2. The van der Waals surface area contributed by atoms with Crippen LogP contribution in [0.4, 0.5) is 0 Å². The molecule has 2 nitrogen and oxygen atoms in total. The predicted molar refractivity (Wildman–Crippen MR) is 76.2 cm³/mol. The van der Waals surface area contributed by atoms with Crippen LogP contribution in [0.5, 0.6) is 0 Å². The molecule has 0 aliphatic rings. The summed E-state index contributed by atoms with van der Waals surface area (Å²) in [5.41, 5.74) is 1.81. The van der Waals surface area contributed by atoms with Crippen LogP contribution in [0.25, 0.3) is 11.0 Å². The van der Waals surface area contributed by atoms with Crippen molar-refractivity contribution < 1.29 is 0 Å². The molecule has 0 N–H and O–H groups in total. The number of hydrogen-bond donors (Lipinski definition) is 0. The zero-order valence-electron chi connectivity index (χ0n) is 9.18. The molecule has 0 bridgehead atoms. The Hall–Kier alpha value is -0.0331. The number of benzene rings is 1. The van der Waals surface area contributed by atoms with Crippen LogP contribution in [0.1, 0.15) is 0 Å². The largest absolute Gasteiger partial charge is 0.347 e. The topological polar surface area (TPSA) is 17.8 Å². The van der Waals surface area contributed by atoms with Crippen molar-refractivity contribution in [1.82, 2.24) is 9.22 Å². The lowest BCUT2D eigenvalue weighted by Gasteiger charge is -2.20. The highest BCUT2D eigenvalue weighted by Gasteiger charge is 2.23. The molecule has 0 amide bonds. The van der Waals surface area contributed by atoms with Gasteiger partial charge in [-0.25, -0.2) is 4.98 Å². The molecule has 0 fully saturated rings. The summed E-state index contributed by atoms with van der Waals surface area (Å²) in [6.45, 7) is 6.73. The van der Waals surface area contributed by atoms with E-state index in [0.29, 0.717) is 10.0 Å². The molecule has 0 aliphatic heterocycles. The van der Waals surface area contributed by atoms with Gasteiger partial charge in [0.05, 0.1) is 10.5 Å². The number of rotatable bonds is 1. The monoisotopic (exact) mass is 336 g/mol. The van der Waals surface area contributed by atoms with Gasteiger partial charge in [-0.3, -0.25) is 0 Å². The van der Waals surface area contributed by atoms with Crippen molar-refractivity contribution in [3.8, 4) is 0 Å². The zero-order chi connectivity index (χ0) is 12.1. The fraction of sp³-hybridized carbons (Fsp3) is 0.300. The van der Waals surface area contributed by atoms with E-state index in [9.17, 15) is 0 Å². The first-order chi connectivity index (χ1) is 7.30. The molecule has 0 radical (unpaired) electrons. The Labute approximate surface area is 114 Å². The Kier molecular flexibility index (Phi) is 3.12. The first-order valence-corrected chi connectivity index (χ1v) is 9.84. The molecular formula is C10H11BrCl2N2Si. The van der Waals surface area contributed by atoms with Gasteiger partial charge >= 0.3 is 0 Å². The SMILES string of the molecule is C[Si](C)(C)n1c(Br)nc2c(Cl)cc(Cl)cc21. The van der Waals surface area contributed by atoms with Gasteiger partial charge in [-0.05, 0) is 28.1 Å². The summed E-state index contributed by atoms with van der Waals surface area (Å²) in [6.07, 6.45) is 0. The molecule has 16 heavy (non-hydrogen) atoms. The van der Waals surface area contributed by atoms with Crippen LogP contribution >= 0.6 is 39.1 Å². The number of fused-ring (bicyclic) bond motifs is 1. The maximum Gasteiger partial charge on any atom is 0.170 e. The lowest BCUT2D eigenvalue weighted by molar-refractivity contribution is 1.10. The van der Waals surface area contributed by atoms with Crippen molar-refractivity contribution in [2.45, 2.75) is 19.6 Å². The third kappa shape index (κ3) is 2.04. The first kappa shape index (κ1) is 12.4. The number of aromatic nitrogens is 2. The predicted octanol–water partition coefficient (Wildman–Crippen LogP) is 4.79. The number of halogens is 3. The van der Waals surface area contributed by atoms with E-state index in [1.54, 1.807) is 6.07 Å². The van der Waals surface area contributed by atoms with Crippen molar-refractivity contribution in [2.24, 2.45) is 0 Å². The van der Waals surface area contributed by atoms with E-state index in [4.69, 9.17) is 23.2 Å². The summed E-state index contributed by atoms with van der Waals surface area (Å²) >= 11 is 15.7. The third-order valence-corrected chi connectivity index (χ3v) is 5.47. The van der Waals surface area contributed by atoms with Gasteiger partial charge in [0.2, 0.25) is 0 Å². The fourth-order valence-corrected chi connectivity index (χ4v) is 5.70. The van der Waals surface area contributed by atoms with Gasteiger partial charge in [-0.1, -0.05) is 42.8 Å². The molecule has 0 saturated carbocycles. The Balaban J connectivity index is 2.89. The van der Waals surface area contributed by atoms with Gasteiger partial charge in [0.15, 0.2) is 13.0 Å². The molecule has 0 aliphatic carbocycles. The van der Waals surface area contributed by atoms with E-state index < -0.39 is 8.24 Å². The molecule has 1 aromatic carbocycles. The van der Waals surface area contributed by atoms with E-state index in [2.05, 4.69) is 44.8 Å². The average molecular weight is 338 g/mol. The Bertz CT molecular complexity index is 560. The van der Waals surface area contributed by atoms with Gasteiger partial charge in [0.25, 0.3) is 0 Å². The highest BCUT2D eigenvalue weighted by molar-refractivity contribution is 9.10. The van der Waals surface area contributed by atoms with Gasteiger partial charge in [0, 0.05) is 5.02 Å². The summed E-state index contributed by atoms with van der Waals surface area (Å²) in [5.74, 6) is 0. The van der Waals surface area contributed by atoms with Crippen molar-refractivity contribution in [1.29, 1.82) is 0 Å². The normalized spacial score (nSPS) is 12.4. The van der Waals surface area contributed by atoms with Crippen molar-refractivity contribution in [3.63, 3.8) is 0 Å². The van der Waals surface area contributed by atoms with Crippen LogP contribution in [0.15, 0.2) is 16.9 Å². The van der Waals surface area contributed by atoms with Crippen LogP contribution in [-0.2, 0) is 0 Å². The second-order valence-corrected chi connectivity index (χ2v) is 11.0. The minimum absolute atomic E-state index is 0.597. The second-order valence-electron chi connectivity index (χ2n) is 4.64. The summed E-state index contributed by atoms with van der Waals surface area (Å²) in [7, 11) is -1.55. The maximum atomic E-state index is 6.13. The smallest absolute Gasteiger partial charge is 0.170 e. The highest BCUT2D eigenvalue weighted by atomic mass is 79.9. The molecule has 0 saturated heterocycles. The van der Waals surface area contributed by atoms with E-state index in [1.807, 2.05) is 6.07 Å². The Morgan fingerprint density at radius 2 is 1.88 bits per heavy atom. The van der Waals surface area contributed by atoms with Crippen LogP contribution in [0, 0.1) is 0 Å². The summed E-state index contributed by atoms with van der Waals surface area (Å²) in [5, 5.41) is 1.24. The molecule has 0 atom stereocenters. The molecule has 0 spiro atoms. The number of imidazole rings is 1. The standard InChI is InChI=1S/C10H11BrCl2N2Si/c1-16(2,3)15-8-5-6(12)4-7(13)9(8)14-10(15)11/h4-5H,1-3H3. The first-order valence-electron chi connectivity index (χ1n) is 4.84. The van der Waals surface area contributed by atoms with E-state index in [1.165, 1.54) is 0 Å². The molecule has 86 valence electrons. The summed E-state index contributed by atoms with van der Waals surface area (Å²) in [6, 6.07) is 3.64. The minimum atomic E-state index is -1.55. The van der Waals surface area contributed by atoms with Gasteiger partial charge in [-0.15, -0.1) is 0 Å². The van der Waals surface area contributed by atoms with Crippen LogP contribution in [0.3, 0.4) is 0 Å². The maximum absolute atomic E-state index is 6.13. The van der Waals surface area contributed by atoms with E-state index in [-0.39, 0.29) is 0 Å². The second kappa shape index (κ2) is 4.01. The van der Waals surface area contributed by atoms with Crippen LogP contribution in [-0.4, -0.2) is 17.5 Å². The summed E-state index contributed by atoms with van der Waals surface area (Å²) < 4.78 is 3.03. The minimum Gasteiger partial charge on any atom is -0.347 e. The van der Waals surface area contributed by atoms with Crippen molar-refractivity contribution in [2.75, 3.05) is 0 Å². The lowest BCUT2D eigenvalue weighted by Crippen LogP contribution is -2.32. The molecule has 2 aromatic rings. The molecule has 0 unspecified atom stereocenters. The van der Waals surface area contributed by atoms with Crippen molar-refractivity contribution in [3.05, 3.63) is 26.9 Å². The number of hydrogen-bond acceptors (Lipinski definition) is 1. The van der Waals surface area contributed by atoms with Crippen molar-refractivity contribution >= 4 is 58.4 Å². The quantitative estimate of drug-likeness (QED) is 0.684. The van der Waals surface area contributed by atoms with E-state index >= 15 is 0 Å². The van der Waals surface area contributed by atoms with Gasteiger partial charge in [-0.2, -0.15) is 0 Å². The summed E-state index contributed by atoms with van der Waals surface area (Å²) in [4.78, 5) is 4.44. The molecule has 2 rings (SSSR count). The average Bonchev–Trinajstić information content (AvgIpc) is 2.40. The van der Waals surface area contributed by atoms with Crippen LogP contribution < -0.4 is 0 Å². The third-order valence-electron chi connectivity index (χ3n) is 2.31. The fourth-order valence-electron chi connectivity index (χ4n) is 1.71. The highest BCUT2D eigenvalue weighted by Crippen LogP contribution is 2.32. The molecule has 1 heterocycles. The molecule has 6 heteroatoms. The molecule has 1 aromatic heterocycles. The van der Waals surface area contributed by atoms with Crippen LogP contribution in [0.2, 0.25) is 29.7 Å². The van der Waals surface area contributed by atoms with Gasteiger partial charge < -0.3 is 4.23 Å². The Morgan fingerprint density at radius 1 is 1.25 bits per heavy atom. The molecular weight excluding hydrogens is 327 g/mol. The zero-order valence-corrected chi connectivity index (χ0v) is 13.3. The van der Waals surface area contributed by atoms with Gasteiger partial charge in [0.1, 0.15) is 5.52 Å². The lowest BCUT2D eigenvalue weighted by atomic mass is 10.3. The van der Waals surface area contributed by atoms with E-state index in [0.717, 1.165) is 15.8 Å².